The van der Waals surface area contributed by atoms with E-state index in [-0.39, 0.29) is 34.5 Å². The van der Waals surface area contributed by atoms with Gasteiger partial charge in [-0.25, -0.2) is 4.79 Å². The number of pyridine rings is 1. The molecule has 1 fully saturated rings. The summed E-state index contributed by atoms with van der Waals surface area (Å²) in [7, 11) is 0. The second kappa shape index (κ2) is 8.78. The maximum absolute atomic E-state index is 13.6. The van der Waals surface area contributed by atoms with E-state index < -0.39 is 5.97 Å². The van der Waals surface area contributed by atoms with Gasteiger partial charge in [-0.1, -0.05) is 35.8 Å². The Morgan fingerprint density at radius 2 is 1.91 bits per heavy atom. The van der Waals surface area contributed by atoms with E-state index >= 15 is 0 Å². The average Bonchev–Trinajstić information content (AvgIpc) is 3.25. The van der Waals surface area contributed by atoms with Crippen molar-refractivity contribution in [2.24, 2.45) is 5.92 Å². The number of hydrogen-bond acceptors (Lipinski definition) is 5. The summed E-state index contributed by atoms with van der Waals surface area (Å²) in [5.41, 5.74) is 1.32. The monoisotopic (exact) mass is 459 g/mol. The van der Waals surface area contributed by atoms with Gasteiger partial charge >= 0.3 is 5.97 Å². The lowest BCUT2D eigenvalue weighted by atomic mass is 9.85. The number of carbonyl (C=O) groups excluding carboxylic acids is 1. The lowest BCUT2D eigenvalue weighted by molar-refractivity contribution is 0.0698. The Hall–Kier alpha value is -3.94. The van der Waals surface area contributed by atoms with Crippen LogP contribution in [0, 0.1) is 12.8 Å². The molecule has 4 aromatic rings. The smallest absolute Gasteiger partial charge is 0.336 e. The number of nitrogens with zero attached hydrogens (tertiary/aromatic N) is 2. The van der Waals surface area contributed by atoms with Crippen LogP contribution in [0.3, 0.4) is 0 Å². The number of carboxylic acids is 1. The first-order valence-corrected chi connectivity index (χ1v) is 11.5. The zero-order chi connectivity index (χ0) is 23.8. The lowest BCUT2D eigenvalue weighted by Crippen LogP contribution is -2.34. The molecule has 34 heavy (non-hydrogen) atoms. The van der Waals surface area contributed by atoms with Gasteiger partial charge in [-0.2, -0.15) is 0 Å². The molecule has 8 heteroatoms. The number of benzene rings is 2. The van der Waals surface area contributed by atoms with Crippen LogP contribution < -0.4 is 10.9 Å². The number of aryl methyl sites for hydroxylation is 1. The number of fused-ring (bicyclic) bond motifs is 3. The number of carboxylic acid groups (broad SMARTS) is 1. The largest absolute Gasteiger partial charge is 0.478 e. The van der Waals surface area contributed by atoms with Crippen molar-refractivity contribution in [3.05, 3.63) is 75.8 Å². The Kier molecular flexibility index (Phi) is 5.65. The molecule has 5 rings (SSSR count). The van der Waals surface area contributed by atoms with E-state index in [0.29, 0.717) is 40.6 Å². The molecule has 174 valence electrons. The van der Waals surface area contributed by atoms with Crippen molar-refractivity contribution in [1.29, 1.82) is 0 Å². The zero-order valence-corrected chi connectivity index (χ0v) is 18.8. The third-order valence-electron chi connectivity index (χ3n) is 6.77. The van der Waals surface area contributed by atoms with Crippen molar-refractivity contribution in [3.63, 3.8) is 0 Å². The summed E-state index contributed by atoms with van der Waals surface area (Å²) in [6.45, 7) is 2.19. The van der Waals surface area contributed by atoms with Gasteiger partial charge in [-0.05, 0) is 56.4 Å². The van der Waals surface area contributed by atoms with Crippen LogP contribution in [0.1, 0.15) is 58.2 Å². The number of carbonyl (C=O) groups is 2. The summed E-state index contributed by atoms with van der Waals surface area (Å²) in [4.78, 5) is 38.1. The predicted molar refractivity (Wildman–Crippen MR) is 127 cm³/mol. The van der Waals surface area contributed by atoms with Gasteiger partial charge < -0.3 is 19.5 Å². The fourth-order valence-electron chi connectivity index (χ4n) is 5.17. The van der Waals surface area contributed by atoms with Crippen LogP contribution >= 0.6 is 0 Å². The Labute approximate surface area is 195 Å². The highest BCUT2D eigenvalue weighted by atomic mass is 16.5. The van der Waals surface area contributed by atoms with Crippen LogP contribution in [-0.2, 0) is 0 Å². The number of aromatic carboxylic acids is 1. The van der Waals surface area contributed by atoms with Crippen LogP contribution in [-0.4, -0.2) is 33.3 Å². The predicted octanol–water partition coefficient (Wildman–Crippen LogP) is 4.31. The maximum Gasteiger partial charge on any atom is 0.336 e. The van der Waals surface area contributed by atoms with Crippen LogP contribution in [0.5, 0.6) is 0 Å². The normalized spacial score (nSPS) is 18.3. The molecular weight excluding hydrogens is 434 g/mol. The van der Waals surface area contributed by atoms with Crippen LogP contribution in [0.2, 0.25) is 0 Å². The van der Waals surface area contributed by atoms with Crippen molar-refractivity contribution in [2.45, 2.75) is 38.6 Å². The standard InChI is InChI=1S/C26H25N3O5/c1-15-21-23(28-34-15)22-19(26(32)33)11-6-12-20(22)29(25(21)31)18-10-5-7-16(13-18)14-27-24(30)17-8-3-2-4-9-17/h2-4,6,8-9,11-12,16,18H,5,7,10,13-14H2,1H3,(H,27,30)(H,32,33). The lowest BCUT2D eigenvalue weighted by Gasteiger charge is -2.31. The van der Waals surface area contributed by atoms with E-state index in [2.05, 4.69) is 10.5 Å². The van der Waals surface area contributed by atoms with Crippen LogP contribution in [0.15, 0.2) is 57.8 Å². The molecule has 1 saturated carbocycles. The minimum Gasteiger partial charge on any atom is -0.478 e. The zero-order valence-electron chi connectivity index (χ0n) is 18.8. The first-order valence-electron chi connectivity index (χ1n) is 11.5. The first-order chi connectivity index (χ1) is 16.5. The van der Waals surface area contributed by atoms with Crippen molar-refractivity contribution in [3.8, 4) is 0 Å². The van der Waals surface area contributed by atoms with Crippen LogP contribution in [0.25, 0.3) is 21.8 Å². The Morgan fingerprint density at radius 3 is 2.68 bits per heavy atom. The minimum atomic E-state index is -1.08. The van der Waals surface area contributed by atoms with Gasteiger partial charge in [0.2, 0.25) is 0 Å². The number of rotatable bonds is 5. The second-order valence-corrected chi connectivity index (χ2v) is 8.90. The van der Waals surface area contributed by atoms with Gasteiger partial charge in [0.25, 0.3) is 11.5 Å². The molecule has 2 aromatic carbocycles. The van der Waals surface area contributed by atoms with E-state index in [0.717, 1.165) is 19.3 Å². The first kappa shape index (κ1) is 21.9. The summed E-state index contributed by atoms with van der Waals surface area (Å²) >= 11 is 0. The van der Waals surface area contributed by atoms with E-state index in [1.807, 2.05) is 18.2 Å². The quantitative estimate of drug-likeness (QED) is 0.460. The number of nitrogens with one attached hydrogen (secondary N) is 1. The molecule has 2 aromatic heterocycles. The molecule has 0 spiro atoms. The topological polar surface area (TPSA) is 114 Å². The average molecular weight is 460 g/mol. The SMILES string of the molecule is Cc1onc2c1c(=O)n(C1CCCC(CNC(=O)c3ccccc3)C1)c1cccc(C(=O)O)c21. The van der Waals surface area contributed by atoms with Crippen molar-refractivity contribution in [2.75, 3.05) is 6.54 Å². The molecule has 2 heterocycles. The summed E-state index contributed by atoms with van der Waals surface area (Å²) in [5, 5.41) is 17.6. The molecule has 0 bridgehead atoms. The molecular formula is C26H25N3O5. The Bertz CT molecular complexity index is 1450. The summed E-state index contributed by atoms with van der Waals surface area (Å²) < 4.78 is 7.03. The third kappa shape index (κ3) is 3.75. The third-order valence-corrected chi connectivity index (χ3v) is 6.77. The van der Waals surface area contributed by atoms with E-state index in [1.54, 1.807) is 35.8 Å². The maximum atomic E-state index is 13.6. The summed E-state index contributed by atoms with van der Waals surface area (Å²) in [5.74, 6) is -0.616. The molecule has 2 N–H and O–H groups in total. The molecule has 1 aliphatic rings. The van der Waals surface area contributed by atoms with Gasteiger partial charge in [0, 0.05) is 23.5 Å². The number of aromatic nitrogens is 2. The highest BCUT2D eigenvalue weighted by Gasteiger charge is 2.29. The second-order valence-electron chi connectivity index (χ2n) is 8.90. The number of hydrogen-bond donors (Lipinski definition) is 2. The van der Waals surface area contributed by atoms with E-state index in [4.69, 9.17) is 4.52 Å². The fourth-order valence-corrected chi connectivity index (χ4v) is 5.17. The molecule has 2 atom stereocenters. The molecule has 0 aliphatic heterocycles. The molecule has 1 aliphatic carbocycles. The minimum absolute atomic E-state index is 0.0898. The highest BCUT2D eigenvalue weighted by Crippen LogP contribution is 2.36. The number of amides is 1. The molecule has 0 saturated heterocycles. The van der Waals surface area contributed by atoms with Gasteiger partial charge in [-0.15, -0.1) is 0 Å². The summed E-state index contributed by atoms with van der Waals surface area (Å²) in [6, 6.07) is 13.9. The van der Waals surface area contributed by atoms with E-state index in [1.165, 1.54) is 6.07 Å². The summed E-state index contributed by atoms with van der Waals surface area (Å²) in [6.07, 6.45) is 3.36. The Balaban J connectivity index is 1.51. The van der Waals surface area contributed by atoms with Crippen molar-refractivity contribution >= 4 is 33.7 Å². The van der Waals surface area contributed by atoms with Gasteiger partial charge in [-0.3, -0.25) is 9.59 Å². The van der Waals surface area contributed by atoms with E-state index in [9.17, 15) is 19.5 Å². The van der Waals surface area contributed by atoms with Gasteiger partial charge in [0.1, 0.15) is 16.7 Å². The fraction of sp³-hybridized carbons (Fsp3) is 0.308. The van der Waals surface area contributed by atoms with Crippen molar-refractivity contribution < 1.29 is 19.2 Å². The molecule has 8 nitrogen and oxygen atoms in total. The molecule has 2 unspecified atom stereocenters. The highest BCUT2D eigenvalue weighted by molar-refractivity contribution is 6.13. The van der Waals surface area contributed by atoms with Crippen LogP contribution in [0.4, 0.5) is 0 Å². The Morgan fingerprint density at radius 1 is 1.12 bits per heavy atom. The van der Waals surface area contributed by atoms with Gasteiger partial charge in [0.05, 0.1) is 11.1 Å². The molecule has 1 amide bonds. The molecule has 0 radical (unpaired) electrons. The van der Waals surface area contributed by atoms with Crippen molar-refractivity contribution in [1.82, 2.24) is 15.0 Å². The van der Waals surface area contributed by atoms with Gasteiger partial charge in [0.15, 0.2) is 0 Å².